The minimum Gasteiger partial charge on any atom is -0.494 e. The van der Waals surface area contributed by atoms with Gasteiger partial charge in [0.05, 0.1) is 24.6 Å². The molecule has 2 aliphatic rings. The molecule has 2 aromatic heterocycles. The highest BCUT2D eigenvalue weighted by atomic mass is 16.5. The zero-order valence-corrected chi connectivity index (χ0v) is 23.3. The standard InChI is InChI=1S/C31H42N6O2/c1-3-38-27-18-23(19-28(20-27)39-4-2)22-36-16-10-24(11-17-36)29-9-15-35-30(25-6-5-12-34-21-25)31(29)37(32)26-7-13-33-14-8-26/h5-6,9,12,15,18-21,24,26,33H,3-4,7-8,10-11,13-14,16-17,22,32H2,1-2H3. The van der Waals surface area contributed by atoms with Crippen molar-refractivity contribution in [1.82, 2.24) is 20.2 Å². The third-order valence-electron chi connectivity index (χ3n) is 7.85. The van der Waals surface area contributed by atoms with Crippen molar-refractivity contribution in [2.75, 3.05) is 44.4 Å². The lowest BCUT2D eigenvalue weighted by Crippen LogP contribution is -2.48. The van der Waals surface area contributed by atoms with Crippen LogP contribution in [0.15, 0.2) is 55.0 Å². The number of pyridine rings is 2. The normalized spacial score (nSPS) is 17.2. The molecule has 1 aromatic carbocycles. The van der Waals surface area contributed by atoms with Gasteiger partial charge in [-0.25, -0.2) is 5.84 Å². The molecule has 5 rings (SSSR count). The first-order valence-electron chi connectivity index (χ1n) is 14.4. The van der Waals surface area contributed by atoms with Crippen molar-refractivity contribution >= 4 is 5.69 Å². The first-order chi connectivity index (χ1) is 19.2. The molecule has 0 radical (unpaired) electrons. The first-order valence-corrected chi connectivity index (χ1v) is 14.4. The average Bonchev–Trinajstić information content (AvgIpc) is 2.98. The third-order valence-corrected chi connectivity index (χ3v) is 7.85. The Balaban J connectivity index is 1.35. The minimum atomic E-state index is 0.293. The molecule has 8 heteroatoms. The molecule has 208 valence electrons. The number of anilines is 1. The lowest BCUT2D eigenvalue weighted by atomic mass is 9.87. The van der Waals surface area contributed by atoms with E-state index in [-0.39, 0.29) is 0 Å². The molecule has 3 N–H and O–H groups in total. The summed E-state index contributed by atoms with van der Waals surface area (Å²) in [7, 11) is 0. The highest BCUT2D eigenvalue weighted by Crippen LogP contribution is 2.40. The van der Waals surface area contributed by atoms with E-state index in [4.69, 9.17) is 20.3 Å². The van der Waals surface area contributed by atoms with Crippen LogP contribution in [0.4, 0.5) is 5.69 Å². The summed E-state index contributed by atoms with van der Waals surface area (Å²) in [6, 6.07) is 12.8. The molecule has 0 atom stereocenters. The molecule has 0 amide bonds. The summed E-state index contributed by atoms with van der Waals surface area (Å²) in [5.41, 5.74) is 5.55. The maximum atomic E-state index is 6.93. The van der Waals surface area contributed by atoms with E-state index >= 15 is 0 Å². The van der Waals surface area contributed by atoms with Gasteiger partial charge in [0.15, 0.2) is 0 Å². The van der Waals surface area contributed by atoms with E-state index in [1.807, 2.05) is 43.4 Å². The SMILES string of the molecule is CCOc1cc(CN2CCC(c3ccnc(-c4cccnc4)c3N(N)C3CCNCC3)CC2)cc(OCC)c1. The lowest BCUT2D eigenvalue weighted by Gasteiger charge is -2.38. The van der Waals surface area contributed by atoms with Crippen LogP contribution in [0.25, 0.3) is 11.3 Å². The number of ether oxygens (including phenoxy) is 2. The average molecular weight is 531 g/mol. The van der Waals surface area contributed by atoms with Gasteiger partial charge in [-0.2, -0.15) is 0 Å². The Bertz CT molecular complexity index is 1170. The number of benzene rings is 1. The summed E-state index contributed by atoms with van der Waals surface area (Å²) in [6.07, 6.45) is 9.84. The van der Waals surface area contributed by atoms with Gasteiger partial charge in [-0.15, -0.1) is 0 Å². The van der Waals surface area contributed by atoms with Crippen molar-refractivity contribution in [3.63, 3.8) is 0 Å². The van der Waals surface area contributed by atoms with E-state index in [1.54, 1.807) is 6.20 Å². The smallest absolute Gasteiger partial charge is 0.123 e. The van der Waals surface area contributed by atoms with Crippen molar-refractivity contribution < 1.29 is 9.47 Å². The Morgan fingerprint density at radius 2 is 1.69 bits per heavy atom. The van der Waals surface area contributed by atoms with Crippen molar-refractivity contribution in [2.24, 2.45) is 5.84 Å². The van der Waals surface area contributed by atoms with Crippen molar-refractivity contribution in [2.45, 2.75) is 58.0 Å². The molecule has 0 spiro atoms. The maximum Gasteiger partial charge on any atom is 0.123 e. The summed E-state index contributed by atoms with van der Waals surface area (Å²) >= 11 is 0. The van der Waals surface area contributed by atoms with Gasteiger partial charge >= 0.3 is 0 Å². The molecule has 0 aliphatic carbocycles. The molecule has 2 aliphatic heterocycles. The molecule has 8 nitrogen and oxygen atoms in total. The Hall–Kier alpha value is -3.20. The molecule has 0 saturated carbocycles. The molecule has 2 fully saturated rings. The monoisotopic (exact) mass is 530 g/mol. The van der Waals surface area contributed by atoms with Crippen molar-refractivity contribution in [3.05, 3.63) is 66.1 Å². The number of hydrogen-bond acceptors (Lipinski definition) is 8. The largest absolute Gasteiger partial charge is 0.494 e. The molecule has 2 saturated heterocycles. The fraction of sp³-hybridized carbons (Fsp3) is 0.484. The maximum absolute atomic E-state index is 6.93. The van der Waals surface area contributed by atoms with E-state index < -0.39 is 0 Å². The highest BCUT2D eigenvalue weighted by Gasteiger charge is 2.29. The van der Waals surface area contributed by atoms with Crippen molar-refractivity contribution in [1.29, 1.82) is 0 Å². The van der Waals surface area contributed by atoms with Gasteiger partial charge in [0.25, 0.3) is 0 Å². The second kappa shape index (κ2) is 13.2. The van der Waals surface area contributed by atoms with Gasteiger partial charge in [-0.3, -0.25) is 14.9 Å². The molecular formula is C31H42N6O2. The second-order valence-electron chi connectivity index (χ2n) is 10.5. The number of nitrogens with two attached hydrogens (primary N) is 1. The highest BCUT2D eigenvalue weighted by molar-refractivity contribution is 5.77. The van der Waals surface area contributed by atoms with Gasteiger partial charge in [-0.1, -0.05) is 0 Å². The predicted octanol–water partition coefficient (Wildman–Crippen LogP) is 4.75. The van der Waals surface area contributed by atoms with Crippen LogP contribution < -0.4 is 25.6 Å². The fourth-order valence-corrected chi connectivity index (χ4v) is 5.93. The quantitative estimate of drug-likeness (QED) is 0.287. The molecule has 0 unspecified atom stereocenters. The van der Waals surface area contributed by atoms with Gasteiger partial charge < -0.3 is 19.8 Å². The van der Waals surface area contributed by atoms with Crippen LogP contribution in [0.2, 0.25) is 0 Å². The minimum absolute atomic E-state index is 0.293. The predicted molar refractivity (Wildman–Crippen MR) is 156 cm³/mol. The molecule has 3 aromatic rings. The number of piperidine rings is 2. The van der Waals surface area contributed by atoms with Gasteiger partial charge in [0.2, 0.25) is 0 Å². The Morgan fingerprint density at radius 3 is 2.33 bits per heavy atom. The van der Waals surface area contributed by atoms with Crippen LogP contribution in [-0.2, 0) is 6.54 Å². The number of nitrogens with zero attached hydrogens (tertiary/aromatic N) is 4. The van der Waals surface area contributed by atoms with E-state index in [0.717, 1.165) is 86.9 Å². The topological polar surface area (TPSA) is 88.8 Å². The van der Waals surface area contributed by atoms with Crippen LogP contribution in [0.1, 0.15) is 56.6 Å². The first kappa shape index (κ1) is 27.4. The van der Waals surface area contributed by atoms with E-state index in [9.17, 15) is 0 Å². The third kappa shape index (κ3) is 6.69. The summed E-state index contributed by atoms with van der Waals surface area (Å²) in [6.45, 7) is 10.2. The molecule has 39 heavy (non-hydrogen) atoms. The van der Waals surface area contributed by atoms with E-state index in [0.29, 0.717) is 25.2 Å². The van der Waals surface area contributed by atoms with E-state index in [2.05, 4.69) is 39.5 Å². The van der Waals surface area contributed by atoms with Gasteiger partial charge in [0.1, 0.15) is 11.5 Å². The second-order valence-corrected chi connectivity index (χ2v) is 10.5. The number of likely N-dealkylation sites (tertiary alicyclic amines) is 1. The number of aromatic nitrogens is 2. The molecular weight excluding hydrogens is 488 g/mol. The number of rotatable bonds is 10. The van der Waals surface area contributed by atoms with Gasteiger partial charge in [0, 0.05) is 42.8 Å². The summed E-state index contributed by atoms with van der Waals surface area (Å²) < 4.78 is 11.6. The number of nitrogens with one attached hydrogen (secondary N) is 1. The van der Waals surface area contributed by atoms with Gasteiger partial charge in [-0.05, 0) is 113 Å². The summed E-state index contributed by atoms with van der Waals surface area (Å²) in [4.78, 5) is 11.7. The van der Waals surface area contributed by atoms with Crippen LogP contribution in [0, 0.1) is 0 Å². The fourth-order valence-electron chi connectivity index (χ4n) is 5.93. The lowest BCUT2D eigenvalue weighted by molar-refractivity contribution is 0.204. The number of hydrazine groups is 1. The molecule has 0 bridgehead atoms. The summed E-state index contributed by atoms with van der Waals surface area (Å²) in [5, 5.41) is 5.48. The van der Waals surface area contributed by atoms with E-state index in [1.165, 1.54) is 11.1 Å². The Labute approximate surface area is 232 Å². The van der Waals surface area contributed by atoms with Crippen molar-refractivity contribution in [3.8, 4) is 22.8 Å². The zero-order chi connectivity index (χ0) is 27.0. The summed E-state index contributed by atoms with van der Waals surface area (Å²) in [5.74, 6) is 9.11. The van der Waals surface area contributed by atoms with Crippen LogP contribution >= 0.6 is 0 Å². The Kier molecular flexibility index (Phi) is 9.29. The van der Waals surface area contributed by atoms with Crippen LogP contribution in [0.5, 0.6) is 11.5 Å². The van der Waals surface area contributed by atoms with Crippen LogP contribution in [-0.4, -0.2) is 60.3 Å². The Morgan fingerprint density at radius 1 is 0.974 bits per heavy atom. The van der Waals surface area contributed by atoms with Crippen LogP contribution in [0.3, 0.4) is 0 Å². The molecule has 4 heterocycles. The number of hydrogen-bond donors (Lipinski definition) is 2. The zero-order valence-electron chi connectivity index (χ0n) is 23.3.